The molecule has 0 saturated carbocycles. The number of carbonyl (C=O) groups excluding carboxylic acids is 1. The molecule has 8 heteroatoms. The zero-order valence-corrected chi connectivity index (χ0v) is 17.1. The monoisotopic (exact) mass is 420 g/mol. The van der Waals surface area contributed by atoms with Gasteiger partial charge in [0.15, 0.2) is 6.19 Å². The topological polar surface area (TPSA) is 135 Å². The normalized spacial score (nSPS) is 17.6. The lowest BCUT2D eigenvalue weighted by molar-refractivity contribution is -0.114. The Balaban J connectivity index is 1.89. The molecule has 2 aromatic rings. The SMILES string of the molecule is N#CN1CCCC(N=C(N)C(C(N)=O)=C(N)c2cccc(Cc3cccc(F)c3)c2)C1. The number of hydrogen-bond donors (Lipinski definition) is 3. The number of carbonyl (C=O) groups is 1. The third-order valence-corrected chi connectivity index (χ3v) is 5.17. The molecule has 0 aliphatic carbocycles. The Kier molecular flexibility index (Phi) is 6.88. The minimum absolute atomic E-state index is 0.0367. The van der Waals surface area contributed by atoms with E-state index in [1.807, 2.05) is 18.2 Å². The number of primary amides is 1. The number of aliphatic imine (C=N–C) groups is 1. The highest BCUT2D eigenvalue weighted by Crippen LogP contribution is 2.20. The lowest BCUT2D eigenvalue weighted by Crippen LogP contribution is -2.37. The summed E-state index contributed by atoms with van der Waals surface area (Å²) in [7, 11) is 0. The summed E-state index contributed by atoms with van der Waals surface area (Å²) in [6, 6.07) is 13.4. The average Bonchev–Trinajstić information content (AvgIpc) is 2.74. The fourth-order valence-corrected chi connectivity index (χ4v) is 3.68. The number of piperidine rings is 1. The highest BCUT2D eigenvalue weighted by molar-refractivity contribution is 6.24. The molecule has 1 saturated heterocycles. The first kappa shape index (κ1) is 21.8. The smallest absolute Gasteiger partial charge is 0.254 e. The van der Waals surface area contributed by atoms with E-state index >= 15 is 0 Å². The van der Waals surface area contributed by atoms with Crippen LogP contribution in [0, 0.1) is 17.3 Å². The number of nitrogens with zero attached hydrogens (tertiary/aromatic N) is 3. The molecule has 6 N–H and O–H groups in total. The molecule has 1 unspecified atom stereocenters. The first-order valence-corrected chi connectivity index (χ1v) is 9.99. The summed E-state index contributed by atoms with van der Waals surface area (Å²) >= 11 is 0. The van der Waals surface area contributed by atoms with Crippen LogP contribution in [0.3, 0.4) is 0 Å². The van der Waals surface area contributed by atoms with Gasteiger partial charge in [0.05, 0.1) is 18.3 Å². The van der Waals surface area contributed by atoms with E-state index in [2.05, 4.69) is 11.2 Å². The second kappa shape index (κ2) is 9.76. The summed E-state index contributed by atoms with van der Waals surface area (Å²) in [5.41, 5.74) is 20.3. The minimum atomic E-state index is -0.776. The van der Waals surface area contributed by atoms with Crippen molar-refractivity contribution in [2.75, 3.05) is 13.1 Å². The Hall–Kier alpha value is -3.86. The predicted molar refractivity (Wildman–Crippen MR) is 118 cm³/mol. The van der Waals surface area contributed by atoms with E-state index in [1.165, 1.54) is 12.1 Å². The van der Waals surface area contributed by atoms with E-state index in [9.17, 15) is 9.18 Å². The molecule has 0 bridgehead atoms. The van der Waals surface area contributed by atoms with Gasteiger partial charge < -0.3 is 22.1 Å². The van der Waals surface area contributed by atoms with Gasteiger partial charge in [0.2, 0.25) is 0 Å². The second-order valence-corrected chi connectivity index (χ2v) is 7.52. The molecule has 1 atom stereocenters. The van der Waals surface area contributed by atoms with Crippen LogP contribution in [-0.2, 0) is 11.2 Å². The highest BCUT2D eigenvalue weighted by atomic mass is 19.1. The maximum absolute atomic E-state index is 13.5. The lowest BCUT2D eigenvalue weighted by atomic mass is 9.99. The molecule has 1 aliphatic rings. The summed E-state index contributed by atoms with van der Waals surface area (Å²) in [5, 5.41) is 9.10. The van der Waals surface area contributed by atoms with Crippen molar-refractivity contribution in [1.82, 2.24) is 4.90 Å². The quantitative estimate of drug-likeness (QED) is 0.284. The van der Waals surface area contributed by atoms with Crippen LogP contribution in [0.2, 0.25) is 0 Å². The van der Waals surface area contributed by atoms with Gasteiger partial charge in [0.25, 0.3) is 5.91 Å². The van der Waals surface area contributed by atoms with E-state index in [1.54, 1.807) is 23.1 Å². The summed E-state index contributed by atoms with van der Waals surface area (Å²) < 4.78 is 13.5. The van der Waals surface area contributed by atoms with Crippen molar-refractivity contribution in [2.24, 2.45) is 22.2 Å². The summed E-state index contributed by atoms with van der Waals surface area (Å²) in [6.45, 7) is 1.12. The van der Waals surface area contributed by atoms with Crippen molar-refractivity contribution >= 4 is 17.4 Å². The molecule has 0 spiro atoms. The number of benzene rings is 2. The Morgan fingerprint density at radius 3 is 2.55 bits per heavy atom. The van der Waals surface area contributed by atoms with Gasteiger partial charge in [0.1, 0.15) is 17.2 Å². The van der Waals surface area contributed by atoms with E-state index in [0.717, 1.165) is 24.0 Å². The molecular formula is C23H25FN6O. The molecule has 160 valence electrons. The molecule has 1 amide bonds. The van der Waals surface area contributed by atoms with Gasteiger partial charge in [-0.3, -0.25) is 9.79 Å². The molecule has 7 nitrogen and oxygen atoms in total. The molecule has 1 heterocycles. The van der Waals surface area contributed by atoms with E-state index in [0.29, 0.717) is 25.1 Å². The van der Waals surface area contributed by atoms with Gasteiger partial charge in [-0.05, 0) is 54.2 Å². The van der Waals surface area contributed by atoms with Gasteiger partial charge in [-0.15, -0.1) is 0 Å². The van der Waals surface area contributed by atoms with Crippen LogP contribution in [0.4, 0.5) is 4.39 Å². The van der Waals surface area contributed by atoms with Crippen LogP contribution in [0.1, 0.15) is 29.5 Å². The Bertz CT molecular complexity index is 1070. The number of nitriles is 1. The molecular weight excluding hydrogens is 395 g/mol. The number of likely N-dealkylation sites (tertiary alicyclic amines) is 1. The van der Waals surface area contributed by atoms with Gasteiger partial charge in [-0.25, -0.2) is 4.39 Å². The number of amides is 1. The van der Waals surface area contributed by atoms with Crippen LogP contribution in [0.25, 0.3) is 5.70 Å². The molecule has 3 rings (SSSR count). The van der Waals surface area contributed by atoms with E-state index < -0.39 is 5.91 Å². The van der Waals surface area contributed by atoms with Crippen molar-refractivity contribution in [3.8, 4) is 6.19 Å². The molecule has 1 fully saturated rings. The van der Waals surface area contributed by atoms with Crippen molar-refractivity contribution in [3.63, 3.8) is 0 Å². The minimum Gasteiger partial charge on any atom is -0.397 e. The Morgan fingerprint density at radius 1 is 1.16 bits per heavy atom. The van der Waals surface area contributed by atoms with Crippen LogP contribution >= 0.6 is 0 Å². The maximum Gasteiger partial charge on any atom is 0.254 e. The first-order valence-electron chi connectivity index (χ1n) is 9.99. The first-order chi connectivity index (χ1) is 14.9. The number of rotatable bonds is 6. The van der Waals surface area contributed by atoms with Gasteiger partial charge in [-0.2, -0.15) is 5.26 Å². The third-order valence-electron chi connectivity index (χ3n) is 5.17. The Morgan fingerprint density at radius 2 is 1.87 bits per heavy atom. The second-order valence-electron chi connectivity index (χ2n) is 7.52. The average molecular weight is 420 g/mol. The van der Waals surface area contributed by atoms with E-state index in [-0.39, 0.29) is 29.0 Å². The summed E-state index contributed by atoms with van der Waals surface area (Å²) in [4.78, 5) is 18.2. The molecule has 2 aromatic carbocycles. The number of hydrogen-bond acceptors (Lipinski definition) is 5. The standard InChI is InChI=1S/C23H25FN6O/c24-18-7-2-5-16(12-18)10-15-4-1-6-17(11-15)21(26)20(23(28)31)22(27)29-19-8-3-9-30(13-19)14-25/h1-2,4-7,11-12,19H,3,8-10,13,26H2,(H2,27,29)(H2,28,31). The van der Waals surface area contributed by atoms with Crippen molar-refractivity contribution in [3.05, 3.63) is 76.6 Å². The van der Waals surface area contributed by atoms with E-state index in [4.69, 9.17) is 22.5 Å². The fraction of sp³-hybridized carbons (Fsp3) is 0.261. The van der Waals surface area contributed by atoms with Crippen LogP contribution < -0.4 is 17.2 Å². The Labute approximate surface area is 180 Å². The van der Waals surface area contributed by atoms with Gasteiger partial charge in [0, 0.05) is 6.54 Å². The molecule has 31 heavy (non-hydrogen) atoms. The highest BCUT2D eigenvalue weighted by Gasteiger charge is 2.22. The predicted octanol–water partition coefficient (Wildman–Crippen LogP) is 1.87. The number of halogens is 1. The number of nitrogens with two attached hydrogens (primary N) is 3. The summed E-state index contributed by atoms with van der Waals surface area (Å²) in [5.74, 6) is -1.11. The van der Waals surface area contributed by atoms with Crippen LogP contribution in [0.5, 0.6) is 0 Å². The molecule has 0 aromatic heterocycles. The molecule has 1 aliphatic heterocycles. The zero-order valence-electron chi connectivity index (χ0n) is 17.1. The maximum atomic E-state index is 13.5. The molecule has 0 radical (unpaired) electrons. The fourth-order valence-electron chi connectivity index (χ4n) is 3.68. The van der Waals surface area contributed by atoms with Gasteiger partial charge in [-0.1, -0.05) is 30.3 Å². The van der Waals surface area contributed by atoms with Crippen molar-refractivity contribution in [2.45, 2.75) is 25.3 Å². The third kappa shape index (κ3) is 5.60. The van der Waals surface area contributed by atoms with Crippen molar-refractivity contribution < 1.29 is 9.18 Å². The van der Waals surface area contributed by atoms with Crippen LogP contribution in [-0.4, -0.2) is 35.8 Å². The zero-order chi connectivity index (χ0) is 22.4. The van der Waals surface area contributed by atoms with Crippen molar-refractivity contribution in [1.29, 1.82) is 5.26 Å². The van der Waals surface area contributed by atoms with Crippen LogP contribution in [0.15, 0.2) is 59.1 Å². The largest absolute Gasteiger partial charge is 0.397 e. The van der Waals surface area contributed by atoms with Gasteiger partial charge >= 0.3 is 0 Å². The summed E-state index contributed by atoms with van der Waals surface area (Å²) in [6.07, 6.45) is 4.17. The number of amidine groups is 1. The lowest BCUT2D eigenvalue weighted by Gasteiger charge is -2.26.